The third-order valence-electron chi connectivity index (χ3n) is 13.1. The molecule has 2 unspecified atom stereocenters. The SMILES string of the molecule is CC(=O)O[C@H]1C[C@@H](C)CC[C@]1(C)C1CC[C@@]2(C)C(CCC23OCCO3)[C@@H]1CCO[Si](c1ccccc1)(c1ccccc1)C(C)(C)C. The molecule has 4 aliphatic rings. The summed E-state index contributed by atoms with van der Waals surface area (Å²) in [5.74, 6) is 1.31. The van der Waals surface area contributed by atoms with Crippen molar-refractivity contribution in [2.75, 3.05) is 19.8 Å². The number of benzene rings is 2. The number of hydrogen-bond donors (Lipinski definition) is 0. The number of esters is 1. The highest BCUT2D eigenvalue weighted by Gasteiger charge is 2.66. The molecule has 0 bridgehead atoms. The lowest BCUT2D eigenvalue weighted by molar-refractivity contribution is -0.246. The van der Waals surface area contributed by atoms with Crippen LogP contribution in [0.25, 0.3) is 0 Å². The standard InChI is InChI=1S/C40H58O5Si/c1-29-18-22-38(6,36(28-29)45-30(2)41)34-19-23-39(7)35(20-24-40(39)42-26-27-43-40)33(34)21-25-44-46(37(3,4)5,31-14-10-8-11-15-31)32-16-12-9-13-17-32/h8-17,29,33-36H,18-28H2,1-7H3/t29-,33+,34?,35?,36-,38+,39-/m0/s1. The summed E-state index contributed by atoms with van der Waals surface area (Å²) in [6, 6.07) is 22.0. The summed E-state index contributed by atoms with van der Waals surface area (Å²) >= 11 is 0. The molecule has 5 nitrogen and oxygen atoms in total. The molecule has 1 aliphatic heterocycles. The van der Waals surface area contributed by atoms with Gasteiger partial charge in [0.1, 0.15) is 6.10 Å². The van der Waals surface area contributed by atoms with Gasteiger partial charge < -0.3 is 18.6 Å². The Labute approximate surface area is 279 Å². The van der Waals surface area contributed by atoms with E-state index in [2.05, 4.69) is 102 Å². The Morgan fingerprint density at radius 1 is 0.870 bits per heavy atom. The van der Waals surface area contributed by atoms with Crippen molar-refractivity contribution in [3.05, 3.63) is 60.7 Å². The lowest BCUT2D eigenvalue weighted by Crippen LogP contribution is -2.66. The van der Waals surface area contributed by atoms with Gasteiger partial charge in [-0.1, -0.05) is 102 Å². The van der Waals surface area contributed by atoms with E-state index in [4.69, 9.17) is 18.6 Å². The summed E-state index contributed by atoms with van der Waals surface area (Å²) in [6.07, 6.45) is 8.46. The summed E-state index contributed by atoms with van der Waals surface area (Å²) in [7, 11) is -2.66. The van der Waals surface area contributed by atoms with Gasteiger partial charge in [0.15, 0.2) is 5.79 Å². The van der Waals surface area contributed by atoms with E-state index in [9.17, 15) is 4.79 Å². The van der Waals surface area contributed by atoms with Crippen molar-refractivity contribution in [1.29, 1.82) is 0 Å². The number of hydrogen-bond acceptors (Lipinski definition) is 5. The number of carbonyl (C=O) groups is 1. The second-order valence-corrected chi connectivity index (χ2v) is 20.9. The predicted molar refractivity (Wildman–Crippen MR) is 187 cm³/mol. The van der Waals surface area contributed by atoms with Crippen molar-refractivity contribution < 1.29 is 23.4 Å². The smallest absolute Gasteiger partial charge is 0.302 e. The second kappa shape index (κ2) is 12.8. The van der Waals surface area contributed by atoms with E-state index < -0.39 is 14.1 Å². The fourth-order valence-electron chi connectivity index (χ4n) is 10.8. The summed E-state index contributed by atoms with van der Waals surface area (Å²) in [6.45, 7) is 18.0. The molecule has 1 spiro atoms. The third-order valence-corrected chi connectivity index (χ3v) is 18.1. The van der Waals surface area contributed by atoms with Crippen LogP contribution in [0.5, 0.6) is 0 Å². The van der Waals surface area contributed by atoms with Gasteiger partial charge in [0, 0.05) is 30.8 Å². The molecule has 0 radical (unpaired) electrons. The Hall–Kier alpha value is -1.99. The minimum Gasteiger partial charge on any atom is -0.462 e. The van der Waals surface area contributed by atoms with Gasteiger partial charge in [-0.05, 0) is 84.0 Å². The minimum absolute atomic E-state index is 0.0304. The van der Waals surface area contributed by atoms with Crippen LogP contribution in [0.1, 0.15) is 99.8 Å². The highest BCUT2D eigenvalue weighted by atomic mass is 28.4. The molecule has 0 amide bonds. The molecular formula is C40H58O5Si. The van der Waals surface area contributed by atoms with Crippen LogP contribution >= 0.6 is 0 Å². The van der Waals surface area contributed by atoms with Gasteiger partial charge in [0.05, 0.1) is 13.2 Å². The summed E-state index contributed by atoms with van der Waals surface area (Å²) in [4.78, 5) is 12.4. The maximum atomic E-state index is 12.4. The molecular weight excluding hydrogens is 589 g/mol. The van der Waals surface area contributed by atoms with Gasteiger partial charge in [0.2, 0.25) is 0 Å². The summed E-state index contributed by atoms with van der Waals surface area (Å²) in [5, 5.41) is 2.59. The average molecular weight is 647 g/mol. The molecule has 252 valence electrons. The van der Waals surface area contributed by atoms with Crippen LogP contribution in [0, 0.1) is 34.5 Å². The highest BCUT2D eigenvalue weighted by molar-refractivity contribution is 6.99. The van der Waals surface area contributed by atoms with Gasteiger partial charge in [0.25, 0.3) is 8.32 Å². The molecule has 3 aliphatic carbocycles. The molecule has 0 N–H and O–H groups in total. The van der Waals surface area contributed by atoms with Crippen LogP contribution in [0.4, 0.5) is 0 Å². The van der Waals surface area contributed by atoms with Gasteiger partial charge >= 0.3 is 5.97 Å². The molecule has 1 saturated heterocycles. The molecule has 2 aromatic rings. The molecule has 6 heteroatoms. The van der Waals surface area contributed by atoms with E-state index in [0.29, 0.717) is 43.5 Å². The first kappa shape index (κ1) is 33.9. The monoisotopic (exact) mass is 646 g/mol. The highest BCUT2D eigenvalue weighted by Crippen LogP contribution is 2.67. The van der Waals surface area contributed by atoms with Crippen molar-refractivity contribution in [3.8, 4) is 0 Å². The first-order valence-electron chi connectivity index (χ1n) is 18.1. The van der Waals surface area contributed by atoms with Crippen LogP contribution in [0.3, 0.4) is 0 Å². The maximum absolute atomic E-state index is 12.4. The first-order chi connectivity index (χ1) is 21.9. The average Bonchev–Trinajstić information content (AvgIpc) is 3.62. The third kappa shape index (κ3) is 5.63. The summed E-state index contributed by atoms with van der Waals surface area (Å²) < 4.78 is 26.8. The fraction of sp³-hybridized carbons (Fsp3) is 0.675. The van der Waals surface area contributed by atoms with E-state index in [1.54, 1.807) is 6.92 Å². The van der Waals surface area contributed by atoms with E-state index in [1.165, 1.54) is 16.8 Å². The van der Waals surface area contributed by atoms with Crippen LogP contribution in [0.2, 0.25) is 5.04 Å². The largest absolute Gasteiger partial charge is 0.462 e. The first-order valence-corrected chi connectivity index (χ1v) is 20.0. The Morgan fingerprint density at radius 3 is 2.02 bits per heavy atom. The number of rotatable bonds is 8. The molecule has 46 heavy (non-hydrogen) atoms. The van der Waals surface area contributed by atoms with Gasteiger partial charge in [-0.2, -0.15) is 0 Å². The zero-order chi connectivity index (χ0) is 32.8. The zero-order valence-electron chi connectivity index (χ0n) is 29.5. The van der Waals surface area contributed by atoms with Crippen molar-refractivity contribution in [1.82, 2.24) is 0 Å². The van der Waals surface area contributed by atoms with Crippen LogP contribution in [-0.2, 0) is 23.4 Å². The van der Waals surface area contributed by atoms with E-state index in [0.717, 1.165) is 44.9 Å². The Morgan fingerprint density at radius 2 is 1.46 bits per heavy atom. The van der Waals surface area contributed by atoms with Crippen molar-refractivity contribution in [3.63, 3.8) is 0 Å². The lowest BCUT2D eigenvalue weighted by Gasteiger charge is -2.58. The number of fused-ring (bicyclic) bond motifs is 2. The molecule has 7 atom stereocenters. The van der Waals surface area contributed by atoms with Gasteiger partial charge in [-0.15, -0.1) is 0 Å². The quantitative estimate of drug-likeness (QED) is 0.216. The van der Waals surface area contributed by atoms with Crippen LogP contribution in [-0.4, -0.2) is 46.0 Å². The fourth-order valence-corrected chi connectivity index (χ4v) is 15.4. The van der Waals surface area contributed by atoms with Crippen molar-refractivity contribution in [2.24, 2.45) is 34.5 Å². The van der Waals surface area contributed by atoms with Crippen LogP contribution in [0.15, 0.2) is 60.7 Å². The topological polar surface area (TPSA) is 54.0 Å². The normalized spacial score (nSPS) is 34.4. The number of carbonyl (C=O) groups excluding carboxylic acids is 1. The van der Waals surface area contributed by atoms with Crippen LogP contribution < -0.4 is 10.4 Å². The second-order valence-electron chi connectivity index (χ2n) is 16.6. The summed E-state index contributed by atoms with van der Waals surface area (Å²) in [5.41, 5.74) is -0.0912. The number of ether oxygens (including phenoxy) is 3. The Kier molecular flexibility index (Phi) is 9.43. The van der Waals surface area contributed by atoms with Crippen molar-refractivity contribution in [2.45, 2.75) is 117 Å². The zero-order valence-corrected chi connectivity index (χ0v) is 30.5. The molecule has 4 fully saturated rings. The molecule has 3 saturated carbocycles. The maximum Gasteiger partial charge on any atom is 0.302 e. The van der Waals surface area contributed by atoms with Crippen molar-refractivity contribution >= 4 is 24.7 Å². The van der Waals surface area contributed by atoms with E-state index in [1.807, 2.05) is 0 Å². The minimum atomic E-state index is -2.66. The van der Waals surface area contributed by atoms with E-state index in [-0.39, 0.29) is 27.9 Å². The van der Waals surface area contributed by atoms with E-state index >= 15 is 0 Å². The van der Waals surface area contributed by atoms with Gasteiger partial charge in [-0.25, -0.2) is 0 Å². The molecule has 6 rings (SSSR count). The molecule has 0 aromatic heterocycles. The lowest BCUT2D eigenvalue weighted by atomic mass is 9.50. The van der Waals surface area contributed by atoms with Gasteiger partial charge in [-0.3, -0.25) is 4.79 Å². The molecule has 2 aromatic carbocycles. The predicted octanol–water partition coefficient (Wildman–Crippen LogP) is 7.90. The Bertz CT molecular complexity index is 1290. The molecule has 1 heterocycles. The Balaban J connectivity index is 1.37.